The minimum atomic E-state index is -1.17. The average Bonchev–Trinajstić information content (AvgIpc) is 2.18. The number of hydrogen-bond donors (Lipinski definition) is 2. The lowest BCUT2D eigenvalue weighted by molar-refractivity contribution is 0.0689. The maximum atomic E-state index is 11.2. The first-order valence-corrected chi connectivity index (χ1v) is 3.98. The highest BCUT2D eigenvalue weighted by Crippen LogP contribution is 1.95. The van der Waals surface area contributed by atoms with Crippen LogP contribution >= 0.6 is 0 Å². The van der Waals surface area contributed by atoms with Crippen LogP contribution in [0.15, 0.2) is 12.4 Å². The van der Waals surface area contributed by atoms with Crippen LogP contribution in [0, 0.1) is 0 Å². The summed E-state index contributed by atoms with van der Waals surface area (Å²) in [6.07, 6.45) is 2.18. The highest BCUT2D eigenvalue weighted by Gasteiger charge is 2.09. The number of aromatic carboxylic acids is 1. The van der Waals surface area contributed by atoms with Gasteiger partial charge in [0, 0.05) is 6.54 Å². The van der Waals surface area contributed by atoms with E-state index in [0.29, 0.717) is 6.54 Å². The van der Waals surface area contributed by atoms with E-state index in [2.05, 4.69) is 15.3 Å². The van der Waals surface area contributed by atoms with E-state index in [9.17, 15) is 9.59 Å². The largest absolute Gasteiger partial charge is 0.476 e. The number of aromatic nitrogens is 2. The van der Waals surface area contributed by atoms with Crippen LogP contribution in [0.5, 0.6) is 0 Å². The van der Waals surface area contributed by atoms with Crippen molar-refractivity contribution < 1.29 is 14.7 Å². The number of nitrogens with zero attached hydrogens (tertiary/aromatic N) is 2. The highest BCUT2D eigenvalue weighted by atomic mass is 16.4. The number of carboxylic acids is 1. The van der Waals surface area contributed by atoms with Crippen LogP contribution in [0.4, 0.5) is 0 Å². The van der Waals surface area contributed by atoms with Crippen LogP contribution in [0.25, 0.3) is 0 Å². The first-order valence-electron chi connectivity index (χ1n) is 3.98. The topological polar surface area (TPSA) is 92.2 Å². The molecule has 0 saturated carbocycles. The molecule has 0 aliphatic carbocycles. The maximum absolute atomic E-state index is 11.2. The first kappa shape index (κ1) is 10.1. The summed E-state index contributed by atoms with van der Waals surface area (Å²) in [5.74, 6) is -1.53. The molecule has 14 heavy (non-hydrogen) atoms. The quantitative estimate of drug-likeness (QED) is 0.704. The van der Waals surface area contributed by atoms with Gasteiger partial charge in [-0.2, -0.15) is 0 Å². The molecule has 1 aromatic rings. The van der Waals surface area contributed by atoms with E-state index in [1.807, 2.05) is 0 Å². The fourth-order valence-electron chi connectivity index (χ4n) is 0.807. The third-order valence-corrected chi connectivity index (χ3v) is 1.44. The number of hydrogen-bond acceptors (Lipinski definition) is 4. The molecule has 1 rings (SSSR count). The Balaban J connectivity index is 2.83. The van der Waals surface area contributed by atoms with Crippen molar-refractivity contribution in [1.29, 1.82) is 0 Å². The zero-order valence-electron chi connectivity index (χ0n) is 7.52. The molecule has 0 unspecified atom stereocenters. The fraction of sp³-hybridized carbons (Fsp3) is 0.250. The van der Waals surface area contributed by atoms with E-state index < -0.39 is 5.97 Å². The summed E-state index contributed by atoms with van der Waals surface area (Å²) in [5.41, 5.74) is -0.0742. The van der Waals surface area contributed by atoms with Crippen molar-refractivity contribution in [2.24, 2.45) is 0 Å². The van der Waals surface area contributed by atoms with E-state index in [4.69, 9.17) is 5.11 Å². The third-order valence-electron chi connectivity index (χ3n) is 1.44. The summed E-state index contributed by atoms with van der Waals surface area (Å²) in [4.78, 5) is 28.8. The van der Waals surface area contributed by atoms with E-state index in [-0.39, 0.29) is 17.3 Å². The Morgan fingerprint density at radius 1 is 1.36 bits per heavy atom. The summed E-state index contributed by atoms with van der Waals surface area (Å²) in [5, 5.41) is 11.0. The fourth-order valence-corrected chi connectivity index (χ4v) is 0.807. The summed E-state index contributed by atoms with van der Waals surface area (Å²) in [6, 6.07) is 0. The predicted molar refractivity (Wildman–Crippen MR) is 47.0 cm³/mol. The number of rotatable bonds is 3. The lowest BCUT2D eigenvalue weighted by Crippen LogP contribution is -2.24. The van der Waals surface area contributed by atoms with Crippen LogP contribution in [-0.2, 0) is 0 Å². The zero-order chi connectivity index (χ0) is 10.6. The summed E-state index contributed by atoms with van der Waals surface area (Å²) < 4.78 is 0. The van der Waals surface area contributed by atoms with E-state index in [0.717, 1.165) is 12.4 Å². The molecule has 0 spiro atoms. The number of carbonyl (C=O) groups excluding carboxylic acids is 1. The van der Waals surface area contributed by atoms with Gasteiger partial charge in [-0.1, -0.05) is 0 Å². The summed E-state index contributed by atoms with van der Waals surface area (Å²) in [7, 11) is 0. The molecule has 0 radical (unpaired) electrons. The molecule has 1 aromatic heterocycles. The minimum absolute atomic E-state index is 0.108. The Hall–Kier alpha value is -1.98. The van der Waals surface area contributed by atoms with Gasteiger partial charge in [-0.25, -0.2) is 14.8 Å². The molecule has 0 fully saturated rings. The van der Waals surface area contributed by atoms with Crippen LogP contribution < -0.4 is 5.32 Å². The zero-order valence-corrected chi connectivity index (χ0v) is 7.52. The van der Waals surface area contributed by atoms with Gasteiger partial charge in [-0.05, 0) is 6.92 Å². The Kier molecular flexibility index (Phi) is 3.11. The van der Waals surface area contributed by atoms with Gasteiger partial charge in [0.2, 0.25) is 0 Å². The van der Waals surface area contributed by atoms with Crippen LogP contribution in [0.3, 0.4) is 0 Å². The van der Waals surface area contributed by atoms with Crippen LogP contribution in [0.2, 0.25) is 0 Å². The van der Waals surface area contributed by atoms with Crippen LogP contribution in [-0.4, -0.2) is 33.5 Å². The van der Waals surface area contributed by atoms with E-state index >= 15 is 0 Å². The van der Waals surface area contributed by atoms with Crippen molar-refractivity contribution in [3.63, 3.8) is 0 Å². The number of amides is 1. The smallest absolute Gasteiger partial charge is 0.356 e. The lowest BCUT2D eigenvalue weighted by atomic mass is 10.4. The van der Waals surface area contributed by atoms with Gasteiger partial charge in [0.05, 0.1) is 12.4 Å². The van der Waals surface area contributed by atoms with Gasteiger partial charge in [0.15, 0.2) is 5.69 Å². The Morgan fingerprint density at radius 3 is 2.36 bits per heavy atom. The van der Waals surface area contributed by atoms with Crippen molar-refractivity contribution in [2.75, 3.05) is 6.54 Å². The minimum Gasteiger partial charge on any atom is -0.476 e. The second kappa shape index (κ2) is 4.31. The molecule has 0 aliphatic heterocycles. The number of nitrogens with one attached hydrogen (secondary N) is 1. The average molecular weight is 195 g/mol. The van der Waals surface area contributed by atoms with Crippen molar-refractivity contribution in [2.45, 2.75) is 6.92 Å². The van der Waals surface area contributed by atoms with Crippen molar-refractivity contribution in [3.05, 3.63) is 23.8 Å². The Morgan fingerprint density at radius 2 is 1.93 bits per heavy atom. The molecule has 0 aliphatic rings. The van der Waals surface area contributed by atoms with Gasteiger partial charge >= 0.3 is 5.97 Å². The van der Waals surface area contributed by atoms with Gasteiger partial charge < -0.3 is 10.4 Å². The second-order valence-corrected chi connectivity index (χ2v) is 2.45. The normalized spacial score (nSPS) is 9.50. The molecule has 0 atom stereocenters. The summed E-state index contributed by atoms with van der Waals surface area (Å²) in [6.45, 7) is 2.26. The van der Waals surface area contributed by atoms with Crippen LogP contribution in [0.1, 0.15) is 27.9 Å². The maximum Gasteiger partial charge on any atom is 0.356 e. The Bertz CT molecular complexity index is 347. The second-order valence-electron chi connectivity index (χ2n) is 2.45. The third kappa shape index (κ3) is 2.25. The molecule has 2 N–H and O–H groups in total. The molecule has 74 valence electrons. The SMILES string of the molecule is CCNC(=O)c1cnc(C(=O)O)cn1. The van der Waals surface area contributed by atoms with Gasteiger partial charge in [-0.3, -0.25) is 4.79 Å². The molecule has 0 saturated heterocycles. The van der Waals surface area contributed by atoms with Gasteiger partial charge in [-0.15, -0.1) is 0 Å². The number of carbonyl (C=O) groups is 2. The number of carboxylic acid groups (broad SMARTS) is 1. The highest BCUT2D eigenvalue weighted by molar-refractivity contribution is 5.92. The van der Waals surface area contributed by atoms with E-state index in [1.54, 1.807) is 6.92 Å². The van der Waals surface area contributed by atoms with Crippen molar-refractivity contribution >= 4 is 11.9 Å². The molecule has 0 aromatic carbocycles. The molecular formula is C8H9N3O3. The Labute approximate surface area is 80.0 Å². The lowest BCUT2D eigenvalue weighted by Gasteiger charge is -2.00. The molecule has 1 amide bonds. The molecule has 1 heterocycles. The first-order chi connectivity index (χ1) is 6.65. The van der Waals surface area contributed by atoms with Gasteiger partial charge in [0.1, 0.15) is 5.69 Å². The van der Waals surface area contributed by atoms with Crippen molar-refractivity contribution in [3.8, 4) is 0 Å². The van der Waals surface area contributed by atoms with Gasteiger partial charge in [0.25, 0.3) is 5.91 Å². The monoisotopic (exact) mass is 195 g/mol. The molecule has 6 nitrogen and oxygen atoms in total. The van der Waals surface area contributed by atoms with E-state index in [1.165, 1.54) is 0 Å². The molecular weight excluding hydrogens is 186 g/mol. The predicted octanol–water partition coefficient (Wildman–Crippen LogP) is -0.0755. The molecule has 0 bridgehead atoms. The van der Waals surface area contributed by atoms with Crippen molar-refractivity contribution in [1.82, 2.24) is 15.3 Å². The summed E-state index contributed by atoms with van der Waals surface area (Å²) >= 11 is 0. The molecule has 6 heteroatoms. The standard InChI is InChI=1S/C8H9N3O3/c1-2-9-7(12)5-3-11-6(4-10-5)8(13)14/h3-4H,2H2,1H3,(H,9,12)(H,13,14).